The number of carbonyl (C=O) groups is 1. The van der Waals surface area contributed by atoms with E-state index in [0.717, 1.165) is 23.6 Å². The first-order chi connectivity index (χ1) is 10.7. The van der Waals surface area contributed by atoms with Gasteiger partial charge < -0.3 is 15.0 Å². The van der Waals surface area contributed by atoms with Crippen LogP contribution in [0.25, 0.3) is 0 Å². The zero-order chi connectivity index (χ0) is 15.4. The summed E-state index contributed by atoms with van der Waals surface area (Å²) in [5.74, 6) is 0.246. The lowest BCUT2D eigenvalue weighted by atomic mass is 10.1. The predicted molar refractivity (Wildman–Crippen MR) is 87.0 cm³/mol. The summed E-state index contributed by atoms with van der Waals surface area (Å²) in [6.45, 7) is 3.02. The van der Waals surface area contributed by atoms with E-state index >= 15 is 0 Å². The van der Waals surface area contributed by atoms with E-state index in [4.69, 9.17) is 16.3 Å². The number of hydrogen-bond donors (Lipinski definition) is 1. The molecule has 0 aromatic heterocycles. The minimum atomic E-state index is -0.0421. The molecule has 2 heterocycles. The minimum Gasteiger partial charge on any atom is -0.370 e. The molecule has 0 spiro atoms. The monoisotopic (exact) mass is 322 g/mol. The molecule has 2 atom stereocenters. The first kappa shape index (κ1) is 15.8. The lowest BCUT2D eigenvalue weighted by Gasteiger charge is -2.33. The van der Waals surface area contributed by atoms with Crippen molar-refractivity contribution in [3.8, 4) is 0 Å². The van der Waals surface area contributed by atoms with Gasteiger partial charge in [-0.1, -0.05) is 23.7 Å². The van der Waals surface area contributed by atoms with Crippen LogP contribution in [0.5, 0.6) is 0 Å². The van der Waals surface area contributed by atoms with Gasteiger partial charge in [0.25, 0.3) is 0 Å². The molecule has 2 saturated heterocycles. The topological polar surface area (TPSA) is 41.6 Å². The molecule has 22 heavy (non-hydrogen) atoms. The molecule has 0 radical (unpaired) electrons. The Hall–Kier alpha value is -1.10. The molecular weight excluding hydrogens is 300 g/mol. The molecule has 2 unspecified atom stereocenters. The number of nitrogens with one attached hydrogen (secondary N) is 1. The molecule has 3 rings (SSSR count). The summed E-state index contributed by atoms with van der Waals surface area (Å²) < 4.78 is 5.81. The largest absolute Gasteiger partial charge is 0.370 e. The van der Waals surface area contributed by atoms with Crippen LogP contribution >= 0.6 is 11.6 Å². The Labute approximate surface area is 136 Å². The molecule has 5 heteroatoms. The number of morpholine rings is 1. The van der Waals surface area contributed by atoms with Gasteiger partial charge in [0.1, 0.15) is 6.10 Å². The first-order valence-corrected chi connectivity index (χ1v) is 8.48. The predicted octanol–water partition coefficient (Wildman–Crippen LogP) is 2.77. The molecule has 4 nitrogen and oxygen atoms in total. The molecular formula is C17H23ClN2O2. The van der Waals surface area contributed by atoms with Gasteiger partial charge in [-0.05, 0) is 43.5 Å². The fourth-order valence-corrected chi connectivity index (χ4v) is 3.34. The van der Waals surface area contributed by atoms with Crippen LogP contribution in [-0.2, 0) is 9.53 Å². The highest BCUT2D eigenvalue weighted by atomic mass is 35.5. The van der Waals surface area contributed by atoms with Crippen LogP contribution in [0.15, 0.2) is 24.3 Å². The zero-order valence-electron chi connectivity index (χ0n) is 12.8. The molecule has 1 N–H and O–H groups in total. The van der Waals surface area contributed by atoms with Crippen molar-refractivity contribution in [2.75, 3.05) is 26.2 Å². The van der Waals surface area contributed by atoms with E-state index in [0.29, 0.717) is 32.2 Å². The summed E-state index contributed by atoms with van der Waals surface area (Å²) in [5.41, 5.74) is 1.08. The van der Waals surface area contributed by atoms with Crippen molar-refractivity contribution < 1.29 is 9.53 Å². The van der Waals surface area contributed by atoms with Crippen molar-refractivity contribution in [3.05, 3.63) is 34.9 Å². The molecule has 0 saturated carbocycles. The van der Waals surface area contributed by atoms with Gasteiger partial charge in [0.2, 0.25) is 5.91 Å². The van der Waals surface area contributed by atoms with Gasteiger partial charge in [-0.2, -0.15) is 0 Å². The molecule has 1 aromatic rings. The standard InChI is InChI=1S/C17H23ClN2O2/c18-14-5-3-13(4-6-14)16-12-20(10-11-22-16)17(21)8-7-15-2-1-9-19-15/h3-6,15-16,19H,1-2,7-12H2. The maximum atomic E-state index is 12.4. The molecule has 120 valence electrons. The highest BCUT2D eigenvalue weighted by molar-refractivity contribution is 6.30. The maximum Gasteiger partial charge on any atom is 0.222 e. The third-order valence-corrected chi connectivity index (χ3v) is 4.78. The lowest BCUT2D eigenvalue weighted by Crippen LogP contribution is -2.42. The third-order valence-electron chi connectivity index (χ3n) is 4.53. The summed E-state index contributed by atoms with van der Waals surface area (Å²) in [5, 5.41) is 4.17. The Bertz CT molecular complexity index is 500. The molecule has 2 fully saturated rings. The summed E-state index contributed by atoms with van der Waals surface area (Å²) in [6, 6.07) is 8.21. The second-order valence-corrected chi connectivity index (χ2v) is 6.52. The van der Waals surface area contributed by atoms with Crippen LogP contribution in [0.1, 0.15) is 37.4 Å². The van der Waals surface area contributed by atoms with Gasteiger partial charge in [0.15, 0.2) is 0 Å². The molecule has 1 amide bonds. The van der Waals surface area contributed by atoms with Crippen LogP contribution in [0.4, 0.5) is 0 Å². The highest BCUT2D eigenvalue weighted by Crippen LogP contribution is 2.24. The van der Waals surface area contributed by atoms with Gasteiger partial charge in [-0.25, -0.2) is 0 Å². The second kappa shape index (κ2) is 7.44. The molecule has 2 aliphatic rings. The zero-order valence-corrected chi connectivity index (χ0v) is 13.5. The minimum absolute atomic E-state index is 0.0421. The Morgan fingerprint density at radius 2 is 2.18 bits per heavy atom. The van der Waals surface area contributed by atoms with E-state index < -0.39 is 0 Å². The fourth-order valence-electron chi connectivity index (χ4n) is 3.21. The van der Waals surface area contributed by atoms with Crippen molar-refractivity contribution >= 4 is 17.5 Å². The Balaban J connectivity index is 1.53. The Morgan fingerprint density at radius 3 is 2.91 bits per heavy atom. The number of halogens is 1. The van der Waals surface area contributed by atoms with Crippen molar-refractivity contribution in [2.24, 2.45) is 0 Å². The van der Waals surface area contributed by atoms with Crippen LogP contribution < -0.4 is 5.32 Å². The summed E-state index contributed by atoms with van der Waals surface area (Å²) in [7, 11) is 0. The smallest absolute Gasteiger partial charge is 0.222 e. The van der Waals surface area contributed by atoms with Crippen LogP contribution in [0, 0.1) is 0 Å². The number of hydrogen-bond acceptors (Lipinski definition) is 3. The number of amides is 1. The van der Waals surface area contributed by atoms with Gasteiger partial charge >= 0.3 is 0 Å². The van der Waals surface area contributed by atoms with E-state index in [1.165, 1.54) is 12.8 Å². The van der Waals surface area contributed by atoms with Crippen molar-refractivity contribution in [3.63, 3.8) is 0 Å². The maximum absolute atomic E-state index is 12.4. The van der Waals surface area contributed by atoms with E-state index in [9.17, 15) is 4.79 Å². The number of carbonyl (C=O) groups excluding carboxylic acids is 1. The number of benzene rings is 1. The fraction of sp³-hybridized carbons (Fsp3) is 0.588. The van der Waals surface area contributed by atoms with E-state index in [2.05, 4.69) is 5.32 Å². The molecule has 2 aliphatic heterocycles. The van der Waals surface area contributed by atoms with E-state index in [-0.39, 0.29) is 12.0 Å². The van der Waals surface area contributed by atoms with Crippen molar-refractivity contribution in [1.82, 2.24) is 10.2 Å². The Kier molecular flexibility index (Phi) is 5.34. The Morgan fingerprint density at radius 1 is 1.36 bits per heavy atom. The average molecular weight is 323 g/mol. The van der Waals surface area contributed by atoms with Crippen molar-refractivity contribution in [1.29, 1.82) is 0 Å². The summed E-state index contributed by atoms with van der Waals surface area (Å²) in [4.78, 5) is 14.3. The van der Waals surface area contributed by atoms with Crippen molar-refractivity contribution in [2.45, 2.75) is 37.8 Å². The quantitative estimate of drug-likeness (QED) is 0.926. The lowest BCUT2D eigenvalue weighted by molar-refractivity contribution is -0.139. The van der Waals surface area contributed by atoms with Gasteiger partial charge in [0, 0.05) is 24.0 Å². The first-order valence-electron chi connectivity index (χ1n) is 8.10. The number of nitrogens with zero attached hydrogens (tertiary/aromatic N) is 1. The van der Waals surface area contributed by atoms with Crippen LogP contribution in [-0.4, -0.2) is 43.1 Å². The van der Waals surface area contributed by atoms with Gasteiger partial charge in [-0.3, -0.25) is 4.79 Å². The van der Waals surface area contributed by atoms with Crippen LogP contribution in [0.3, 0.4) is 0 Å². The van der Waals surface area contributed by atoms with Gasteiger partial charge in [0.05, 0.1) is 13.2 Å². The highest BCUT2D eigenvalue weighted by Gasteiger charge is 2.26. The van der Waals surface area contributed by atoms with Crippen LogP contribution in [0.2, 0.25) is 5.02 Å². The van der Waals surface area contributed by atoms with E-state index in [1.54, 1.807) is 0 Å². The SMILES string of the molecule is O=C(CCC1CCCN1)N1CCOC(c2ccc(Cl)cc2)C1. The van der Waals surface area contributed by atoms with Gasteiger partial charge in [-0.15, -0.1) is 0 Å². The summed E-state index contributed by atoms with van der Waals surface area (Å²) in [6.07, 6.45) is 3.96. The number of ether oxygens (including phenoxy) is 1. The molecule has 1 aromatic carbocycles. The normalized spacial score (nSPS) is 25.4. The second-order valence-electron chi connectivity index (χ2n) is 6.08. The third kappa shape index (κ3) is 4.00. The molecule has 0 bridgehead atoms. The summed E-state index contributed by atoms with van der Waals surface area (Å²) >= 11 is 5.92. The van der Waals surface area contributed by atoms with E-state index in [1.807, 2.05) is 29.2 Å². The number of rotatable bonds is 4. The molecule has 0 aliphatic carbocycles. The average Bonchev–Trinajstić information content (AvgIpc) is 3.07.